The standard InChI is InChI=1S/C17H25N3O/c1-19-10-11-20(13-15-4-2-3-5-16(15)19)17(21)7-6-14-8-9-18-12-14/h2-5,14,18H,6-13H2,1H3. The Balaban J connectivity index is 1.62. The number of anilines is 1. The number of rotatable bonds is 3. The molecule has 0 radical (unpaired) electrons. The molecule has 21 heavy (non-hydrogen) atoms. The van der Waals surface area contributed by atoms with Crippen LogP contribution in [0.25, 0.3) is 0 Å². The number of hydrogen-bond donors (Lipinski definition) is 1. The molecule has 4 heteroatoms. The molecule has 1 atom stereocenters. The summed E-state index contributed by atoms with van der Waals surface area (Å²) in [4.78, 5) is 16.8. The zero-order valence-electron chi connectivity index (χ0n) is 12.8. The van der Waals surface area contributed by atoms with E-state index in [2.05, 4.69) is 41.5 Å². The molecule has 1 unspecified atom stereocenters. The maximum absolute atomic E-state index is 12.5. The zero-order chi connectivity index (χ0) is 14.7. The highest BCUT2D eigenvalue weighted by Gasteiger charge is 2.22. The van der Waals surface area contributed by atoms with E-state index in [9.17, 15) is 4.79 Å². The second-order valence-electron chi connectivity index (χ2n) is 6.26. The molecule has 1 saturated heterocycles. The third-order valence-corrected chi connectivity index (χ3v) is 4.75. The van der Waals surface area contributed by atoms with Crippen LogP contribution in [0, 0.1) is 5.92 Å². The molecule has 3 rings (SSSR count). The third kappa shape index (κ3) is 3.38. The summed E-state index contributed by atoms with van der Waals surface area (Å²) in [5, 5.41) is 3.37. The second kappa shape index (κ2) is 6.48. The molecular formula is C17H25N3O. The number of fused-ring (bicyclic) bond motifs is 1. The van der Waals surface area contributed by atoms with Crippen LogP contribution in [0.15, 0.2) is 24.3 Å². The second-order valence-corrected chi connectivity index (χ2v) is 6.26. The van der Waals surface area contributed by atoms with Crippen LogP contribution in [0.5, 0.6) is 0 Å². The van der Waals surface area contributed by atoms with Crippen LogP contribution < -0.4 is 10.2 Å². The van der Waals surface area contributed by atoms with Gasteiger partial charge < -0.3 is 15.1 Å². The quantitative estimate of drug-likeness (QED) is 0.921. The molecule has 0 spiro atoms. The van der Waals surface area contributed by atoms with Crippen molar-refractivity contribution in [2.75, 3.05) is 38.1 Å². The maximum atomic E-state index is 12.5. The highest BCUT2D eigenvalue weighted by atomic mass is 16.2. The average molecular weight is 287 g/mol. The van der Waals surface area contributed by atoms with E-state index < -0.39 is 0 Å². The Hall–Kier alpha value is -1.55. The first kappa shape index (κ1) is 14.4. The van der Waals surface area contributed by atoms with Crippen molar-refractivity contribution in [2.45, 2.75) is 25.8 Å². The van der Waals surface area contributed by atoms with Crippen molar-refractivity contribution in [1.82, 2.24) is 10.2 Å². The molecular weight excluding hydrogens is 262 g/mol. The molecule has 1 amide bonds. The van der Waals surface area contributed by atoms with Crippen molar-refractivity contribution in [1.29, 1.82) is 0 Å². The number of likely N-dealkylation sites (N-methyl/N-ethyl adjacent to an activating group) is 1. The monoisotopic (exact) mass is 287 g/mol. The minimum absolute atomic E-state index is 0.312. The van der Waals surface area contributed by atoms with E-state index in [0.717, 1.165) is 39.1 Å². The molecule has 1 aromatic carbocycles. The molecule has 0 bridgehead atoms. The number of nitrogens with zero attached hydrogens (tertiary/aromatic N) is 2. The highest BCUT2D eigenvalue weighted by molar-refractivity contribution is 5.76. The van der Waals surface area contributed by atoms with Gasteiger partial charge >= 0.3 is 0 Å². The van der Waals surface area contributed by atoms with Crippen molar-refractivity contribution < 1.29 is 4.79 Å². The van der Waals surface area contributed by atoms with Crippen LogP contribution in [0.1, 0.15) is 24.8 Å². The summed E-state index contributed by atoms with van der Waals surface area (Å²) in [5.74, 6) is 1.00. The van der Waals surface area contributed by atoms with Gasteiger partial charge in [0.25, 0.3) is 0 Å². The lowest BCUT2D eigenvalue weighted by atomic mass is 10.0. The number of para-hydroxylation sites is 1. The molecule has 0 saturated carbocycles. The fourth-order valence-electron chi connectivity index (χ4n) is 3.35. The number of carbonyl (C=O) groups excluding carboxylic acids is 1. The Morgan fingerprint density at radius 3 is 3.00 bits per heavy atom. The Morgan fingerprint density at radius 2 is 2.19 bits per heavy atom. The molecule has 1 aromatic rings. The average Bonchev–Trinajstić information content (AvgIpc) is 2.96. The Morgan fingerprint density at radius 1 is 1.33 bits per heavy atom. The number of carbonyl (C=O) groups is 1. The predicted octanol–water partition coefficient (Wildman–Crippen LogP) is 1.85. The lowest BCUT2D eigenvalue weighted by Crippen LogP contribution is -2.34. The van der Waals surface area contributed by atoms with Gasteiger partial charge in [0.05, 0.1) is 0 Å². The van der Waals surface area contributed by atoms with Gasteiger partial charge in [-0.1, -0.05) is 18.2 Å². The van der Waals surface area contributed by atoms with Gasteiger partial charge in [-0.3, -0.25) is 4.79 Å². The van der Waals surface area contributed by atoms with E-state index in [0.29, 0.717) is 18.2 Å². The molecule has 2 aliphatic heterocycles. The summed E-state index contributed by atoms with van der Waals surface area (Å²) in [6.07, 6.45) is 2.94. The maximum Gasteiger partial charge on any atom is 0.222 e. The van der Waals surface area contributed by atoms with Crippen molar-refractivity contribution in [2.24, 2.45) is 5.92 Å². The summed E-state index contributed by atoms with van der Waals surface area (Å²) in [5.41, 5.74) is 2.51. The SMILES string of the molecule is CN1CCN(C(=O)CCC2CCNC2)Cc2ccccc21. The molecule has 1 fully saturated rings. The van der Waals surface area contributed by atoms with Crippen LogP contribution in [0.4, 0.5) is 5.69 Å². The molecule has 0 aliphatic carbocycles. The van der Waals surface area contributed by atoms with E-state index >= 15 is 0 Å². The fourth-order valence-corrected chi connectivity index (χ4v) is 3.35. The first-order valence-electron chi connectivity index (χ1n) is 8.01. The minimum atomic E-state index is 0.312. The van der Waals surface area contributed by atoms with Crippen LogP contribution in [0.2, 0.25) is 0 Å². The van der Waals surface area contributed by atoms with Gasteiger partial charge in [0, 0.05) is 38.8 Å². The Bertz CT molecular complexity index is 497. The summed E-state index contributed by atoms with van der Waals surface area (Å²) < 4.78 is 0. The van der Waals surface area contributed by atoms with Gasteiger partial charge in [-0.15, -0.1) is 0 Å². The van der Waals surface area contributed by atoms with Crippen LogP contribution in [0.3, 0.4) is 0 Å². The molecule has 2 heterocycles. The van der Waals surface area contributed by atoms with Gasteiger partial charge in [0.15, 0.2) is 0 Å². The summed E-state index contributed by atoms with van der Waals surface area (Å²) in [6, 6.07) is 8.41. The Labute approximate surface area is 127 Å². The first-order chi connectivity index (χ1) is 10.2. The van der Waals surface area contributed by atoms with Crippen molar-refractivity contribution in [3.63, 3.8) is 0 Å². The number of benzene rings is 1. The molecule has 2 aliphatic rings. The lowest BCUT2D eigenvalue weighted by molar-refractivity contribution is -0.131. The van der Waals surface area contributed by atoms with E-state index in [1.807, 2.05) is 4.90 Å². The fraction of sp³-hybridized carbons (Fsp3) is 0.588. The minimum Gasteiger partial charge on any atom is -0.373 e. The summed E-state index contributed by atoms with van der Waals surface area (Å²) in [7, 11) is 2.11. The number of nitrogens with one attached hydrogen (secondary N) is 1. The summed E-state index contributed by atoms with van der Waals surface area (Å²) >= 11 is 0. The van der Waals surface area contributed by atoms with Gasteiger partial charge in [0.1, 0.15) is 0 Å². The Kier molecular flexibility index (Phi) is 4.44. The van der Waals surface area contributed by atoms with E-state index in [1.54, 1.807) is 0 Å². The van der Waals surface area contributed by atoms with E-state index in [4.69, 9.17) is 0 Å². The van der Waals surface area contributed by atoms with E-state index in [-0.39, 0.29) is 0 Å². The van der Waals surface area contributed by atoms with Crippen LogP contribution in [-0.2, 0) is 11.3 Å². The number of hydrogen-bond acceptors (Lipinski definition) is 3. The first-order valence-corrected chi connectivity index (χ1v) is 8.01. The van der Waals surface area contributed by atoms with Gasteiger partial charge in [-0.2, -0.15) is 0 Å². The third-order valence-electron chi connectivity index (χ3n) is 4.75. The van der Waals surface area contributed by atoms with Crippen molar-refractivity contribution in [3.05, 3.63) is 29.8 Å². The topological polar surface area (TPSA) is 35.6 Å². The zero-order valence-corrected chi connectivity index (χ0v) is 12.8. The molecule has 4 nitrogen and oxygen atoms in total. The molecule has 114 valence electrons. The summed E-state index contributed by atoms with van der Waals surface area (Å²) in [6.45, 7) is 4.68. The molecule has 1 N–H and O–H groups in total. The largest absolute Gasteiger partial charge is 0.373 e. The van der Waals surface area contributed by atoms with Crippen molar-refractivity contribution >= 4 is 11.6 Å². The van der Waals surface area contributed by atoms with Crippen LogP contribution in [-0.4, -0.2) is 44.0 Å². The normalized spacial score (nSPS) is 22.0. The highest BCUT2D eigenvalue weighted by Crippen LogP contribution is 2.24. The van der Waals surface area contributed by atoms with Crippen LogP contribution >= 0.6 is 0 Å². The van der Waals surface area contributed by atoms with Gasteiger partial charge in [0.2, 0.25) is 5.91 Å². The number of amides is 1. The smallest absolute Gasteiger partial charge is 0.222 e. The predicted molar refractivity (Wildman–Crippen MR) is 85.3 cm³/mol. The van der Waals surface area contributed by atoms with Gasteiger partial charge in [-0.05, 0) is 43.5 Å². The van der Waals surface area contributed by atoms with Crippen molar-refractivity contribution in [3.8, 4) is 0 Å². The molecule has 0 aromatic heterocycles. The van der Waals surface area contributed by atoms with Gasteiger partial charge in [-0.25, -0.2) is 0 Å². The van der Waals surface area contributed by atoms with E-state index in [1.165, 1.54) is 17.7 Å². The lowest BCUT2D eigenvalue weighted by Gasteiger charge is -2.21.